The normalized spacial score (nSPS) is 10.2. The highest BCUT2D eigenvalue weighted by molar-refractivity contribution is 6.00. The summed E-state index contributed by atoms with van der Waals surface area (Å²) in [5.74, 6) is 4.75. The zero-order valence-corrected chi connectivity index (χ0v) is 11.9. The van der Waals surface area contributed by atoms with Gasteiger partial charge >= 0.3 is 5.69 Å². The van der Waals surface area contributed by atoms with E-state index in [1.807, 2.05) is 0 Å². The molecule has 1 rings (SSSR count). The van der Waals surface area contributed by atoms with Crippen molar-refractivity contribution in [1.82, 2.24) is 5.32 Å². The number of nitro benzene ring substituents is 1. The SMILES string of the molecule is COCCCCCNC(=O)c1cccc(NN)c1[N+](=O)[O-]. The third-order valence-electron chi connectivity index (χ3n) is 2.93. The van der Waals surface area contributed by atoms with E-state index in [9.17, 15) is 14.9 Å². The van der Waals surface area contributed by atoms with Crippen LogP contribution in [0.5, 0.6) is 0 Å². The summed E-state index contributed by atoms with van der Waals surface area (Å²) in [5.41, 5.74) is 2.00. The van der Waals surface area contributed by atoms with E-state index in [0.29, 0.717) is 13.2 Å². The topological polar surface area (TPSA) is 120 Å². The average molecular weight is 296 g/mol. The number of para-hydroxylation sites is 1. The lowest BCUT2D eigenvalue weighted by atomic mass is 10.1. The van der Waals surface area contributed by atoms with Gasteiger partial charge in [0.2, 0.25) is 0 Å². The highest BCUT2D eigenvalue weighted by atomic mass is 16.6. The van der Waals surface area contributed by atoms with Crippen LogP contribution in [-0.2, 0) is 4.74 Å². The first-order chi connectivity index (χ1) is 10.1. The second-order valence-corrected chi connectivity index (χ2v) is 4.41. The Morgan fingerprint density at radius 2 is 2.14 bits per heavy atom. The highest BCUT2D eigenvalue weighted by Crippen LogP contribution is 2.27. The summed E-state index contributed by atoms with van der Waals surface area (Å²) in [4.78, 5) is 22.5. The molecular weight excluding hydrogens is 276 g/mol. The number of amides is 1. The first-order valence-electron chi connectivity index (χ1n) is 6.63. The lowest BCUT2D eigenvalue weighted by molar-refractivity contribution is -0.384. The fourth-order valence-corrected chi connectivity index (χ4v) is 1.89. The van der Waals surface area contributed by atoms with E-state index in [4.69, 9.17) is 10.6 Å². The summed E-state index contributed by atoms with van der Waals surface area (Å²) in [6.45, 7) is 1.14. The van der Waals surface area contributed by atoms with Gasteiger partial charge in [0.05, 0.1) is 4.92 Å². The minimum Gasteiger partial charge on any atom is -0.385 e. The lowest BCUT2D eigenvalue weighted by Crippen LogP contribution is -2.25. The fraction of sp³-hybridized carbons (Fsp3) is 0.462. The molecule has 0 fully saturated rings. The Morgan fingerprint density at radius 3 is 2.76 bits per heavy atom. The summed E-state index contributed by atoms with van der Waals surface area (Å²) in [5, 5.41) is 13.7. The molecule has 0 atom stereocenters. The van der Waals surface area contributed by atoms with Crippen LogP contribution >= 0.6 is 0 Å². The summed E-state index contributed by atoms with van der Waals surface area (Å²) < 4.78 is 4.93. The van der Waals surface area contributed by atoms with Gasteiger partial charge in [-0.15, -0.1) is 0 Å². The van der Waals surface area contributed by atoms with Crippen LogP contribution in [0.4, 0.5) is 11.4 Å². The van der Waals surface area contributed by atoms with Crippen LogP contribution in [0.3, 0.4) is 0 Å². The van der Waals surface area contributed by atoms with Crippen molar-refractivity contribution >= 4 is 17.3 Å². The highest BCUT2D eigenvalue weighted by Gasteiger charge is 2.23. The number of carbonyl (C=O) groups excluding carboxylic acids is 1. The second-order valence-electron chi connectivity index (χ2n) is 4.41. The molecule has 0 unspecified atom stereocenters. The standard InChI is InChI=1S/C13H20N4O4/c1-21-9-4-2-3-8-15-13(18)10-6-5-7-11(16-14)12(10)17(19)20/h5-7,16H,2-4,8-9,14H2,1H3,(H,15,18). The minimum absolute atomic E-state index is 0.00709. The Balaban J connectivity index is 2.64. The maximum Gasteiger partial charge on any atom is 0.306 e. The molecule has 0 aromatic heterocycles. The molecule has 8 heteroatoms. The molecule has 1 aromatic carbocycles. The number of benzene rings is 1. The predicted molar refractivity (Wildman–Crippen MR) is 79.0 cm³/mol. The summed E-state index contributed by atoms with van der Waals surface area (Å²) >= 11 is 0. The first kappa shape index (κ1) is 16.9. The monoisotopic (exact) mass is 296 g/mol. The maximum atomic E-state index is 12.0. The van der Waals surface area contributed by atoms with Gasteiger partial charge in [0.15, 0.2) is 0 Å². The number of nitro groups is 1. The van der Waals surface area contributed by atoms with E-state index in [1.54, 1.807) is 7.11 Å². The summed E-state index contributed by atoms with van der Waals surface area (Å²) in [7, 11) is 1.64. The van der Waals surface area contributed by atoms with Crippen molar-refractivity contribution in [1.29, 1.82) is 0 Å². The molecule has 1 aromatic rings. The van der Waals surface area contributed by atoms with Crippen LogP contribution in [0.15, 0.2) is 18.2 Å². The van der Waals surface area contributed by atoms with Crippen LogP contribution in [0.25, 0.3) is 0 Å². The van der Waals surface area contributed by atoms with Crippen molar-refractivity contribution in [3.8, 4) is 0 Å². The second kappa shape index (κ2) is 8.88. The Bertz CT molecular complexity index is 493. The molecule has 0 saturated carbocycles. The van der Waals surface area contributed by atoms with Crippen LogP contribution < -0.4 is 16.6 Å². The fourth-order valence-electron chi connectivity index (χ4n) is 1.89. The zero-order chi connectivity index (χ0) is 15.7. The van der Waals surface area contributed by atoms with Gasteiger partial charge in [-0.2, -0.15) is 0 Å². The molecule has 21 heavy (non-hydrogen) atoms. The molecule has 4 N–H and O–H groups in total. The summed E-state index contributed by atoms with van der Waals surface area (Å²) in [6.07, 6.45) is 2.62. The number of methoxy groups -OCH3 is 1. The zero-order valence-electron chi connectivity index (χ0n) is 11.9. The molecule has 0 aliphatic heterocycles. The van der Waals surface area contributed by atoms with E-state index in [2.05, 4.69) is 10.7 Å². The number of unbranched alkanes of at least 4 members (excludes halogenated alkanes) is 2. The van der Waals surface area contributed by atoms with Crippen molar-refractivity contribution in [3.63, 3.8) is 0 Å². The number of nitrogens with two attached hydrogens (primary N) is 1. The van der Waals surface area contributed by atoms with E-state index >= 15 is 0 Å². The number of carbonyl (C=O) groups is 1. The van der Waals surface area contributed by atoms with E-state index in [1.165, 1.54) is 18.2 Å². The Hall–Kier alpha value is -2.19. The number of nitrogen functional groups attached to an aromatic ring is 1. The lowest BCUT2D eigenvalue weighted by Gasteiger charge is -2.08. The Kier molecular flexibility index (Phi) is 7.13. The van der Waals surface area contributed by atoms with Crippen molar-refractivity contribution in [2.45, 2.75) is 19.3 Å². The number of hydrogen-bond donors (Lipinski definition) is 3. The molecular formula is C13H20N4O4. The van der Waals surface area contributed by atoms with Gasteiger partial charge in [0, 0.05) is 20.3 Å². The van der Waals surface area contributed by atoms with Gasteiger partial charge in [0.1, 0.15) is 11.3 Å². The van der Waals surface area contributed by atoms with Crippen LogP contribution in [0.2, 0.25) is 0 Å². The number of nitrogens with one attached hydrogen (secondary N) is 2. The predicted octanol–water partition coefficient (Wildman–Crippen LogP) is 1.43. The van der Waals surface area contributed by atoms with Gasteiger partial charge in [0.25, 0.3) is 5.91 Å². The molecule has 0 aliphatic rings. The number of anilines is 1. The molecule has 0 aliphatic carbocycles. The summed E-state index contributed by atoms with van der Waals surface area (Å²) in [6, 6.07) is 4.38. The number of hydrazine groups is 1. The number of nitrogens with zero attached hydrogens (tertiary/aromatic N) is 1. The van der Waals surface area contributed by atoms with Crippen LogP contribution in [-0.4, -0.2) is 31.1 Å². The van der Waals surface area contributed by atoms with Crippen molar-refractivity contribution in [2.75, 3.05) is 25.7 Å². The van der Waals surface area contributed by atoms with Crippen molar-refractivity contribution in [3.05, 3.63) is 33.9 Å². The third kappa shape index (κ3) is 5.01. The largest absolute Gasteiger partial charge is 0.385 e. The van der Waals surface area contributed by atoms with Gasteiger partial charge in [-0.05, 0) is 31.4 Å². The van der Waals surface area contributed by atoms with Crippen molar-refractivity contribution in [2.24, 2.45) is 5.84 Å². The van der Waals surface area contributed by atoms with Crippen LogP contribution in [0, 0.1) is 10.1 Å². The molecule has 0 heterocycles. The number of rotatable bonds is 9. The Labute approximate surface area is 122 Å². The quantitative estimate of drug-likeness (QED) is 0.274. The molecule has 0 saturated heterocycles. The molecule has 116 valence electrons. The molecule has 1 amide bonds. The first-order valence-corrected chi connectivity index (χ1v) is 6.63. The maximum absolute atomic E-state index is 12.0. The molecule has 8 nitrogen and oxygen atoms in total. The molecule has 0 radical (unpaired) electrons. The minimum atomic E-state index is -0.622. The van der Waals surface area contributed by atoms with E-state index < -0.39 is 10.8 Å². The van der Waals surface area contributed by atoms with Gasteiger partial charge in [-0.3, -0.25) is 20.8 Å². The van der Waals surface area contributed by atoms with E-state index in [-0.39, 0.29) is 16.9 Å². The van der Waals surface area contributed by atoms with Gasteiger partial charge in [-0.25, -0.2) is 0 Å². The van der Waals surface area contributed by atoms with Gasteiger partial charge in [-0.1, -0.05) is 6.07 Å². The number of hydrogen-bond acceptors (Lipinski definition) is 6. The van der Waals surface area contributed by atoms with Crippen LogP contribution in [0.1, 0.15) is 29.6 Å². The molecule has 0 bridgehead atoms. The van der Waals surface area contributed by atoms with E-state index in [0.717, 1.165) is 19.3 Å². The molecule has 0 spiro atoms. The average Bonchev–Trinajstić information content (AvgIpc) is 2.49. The Morgan fingerprint density at radius 1 is 1.38 bits per heavy atom. The number of ether oxygens (including phenoxy) is 1. The van der Waals surface area contributed by atoms with Gasteiger partial charge < -0.3 is 15.5 Å². The smallest absolute Gasteiger partial charge is 0.306 e. The van der Waals surface area contributed by atoms with Crippen molar-refractivity contribution < 1.29 is 14.5 Å². The third-order valence-corrected chi connectivity index (χ3v) is 2.93.